The minimum Gasteiger partial charge on any atom is -0.450 e. The number of hydrogen-bond donors (Lipinski definition) is 1. The second kappa shape index (κ2) is 7.20. The van der Waals surface area contributed by atoms with E-state index in [1.807, 2.05) is 0 Å². The molecule has 2 heterocycles. The van der Waals surface area contributed by atoms with Crippen molar-refractivity contribution in [3.63, 3.8) is 0 Å². The zero-order valence-corrected chi connectivity index (χ0v) is 15.9. The first-order valence-corrected chi connectivity index (χ1v) is 9.38. The topological polar surface area (TPSA) is 55.0 Å². The van der Waals surface area contributed by atoms with E-state index >= 15 is 0 Å². The Morgan fingerprint density at radius 2 is 1.79 bits per heavy atom. The molecule has 0 aliphatic carbocycles. The van der Waals surface area contributed by atoms with Crippen molar-refractivity contribution >= 4 is 16.9 Å². The molecule has 6 heteroatoms. The highest BCUT2D eigenvalue weighted by molar-refractivity contribution is 5.99. The van der Waals surface area contributed by atoms with Crippen molar-refractivity contribution in [1.29, 1.82) is 0 Å². The number of carbonyl (C=O) groups excluding carboxylic acids is 1. The molecule has 0 fully saturated rings. The van der Waals surface area contributed by atoms with E-state index in [0.29, 0.717) is 28.6 Å². The summed E-state index contributed by atoms with van der Waals surface area (Å²) in [4.78, 5) is 29.3. The van der Waals surface area contributed by atoms with Crippen molar-refractivity contribution in [2.75, 3.05) is 27.2 Å². The van der Waals surface area contributed by atoms with Gasteiger partial charge in [0.2, 0.25) is 5.76 Å². The van der Waals surface area contributed by atoms with Crippen LogP contribution in [0.5, 0.6) is 0 Å². The van der Waals surface area contributed by atoms with Crippen molar-refractivity contribution in [2.24, 2.45) is 0 Å². The number of carbonyl (C=O) groups is 1. The molecule has 2 aromatic carbocycles. The Balaban J connectivity index is 1.86. The Labute approximate surface area is 162 Å². The number of hydrogen-bond acceptors (Lipinski definition) is 3. The zero-order valence-electron chi connectivity index (χ0n) is 15.9. The van der Waals surface area contributed by atoms with Crippen molar-refractivity contribution < 1.29 is 18.5 Å². The molecule has 3 aromatic rings. The van der Waals surface area contributed by atoms with Crippen molar-refractivity contribution in [2.45, 2.75) is 12.5 Å². The molecule has 28 heavy (non-hydrogen) atoms. The number of para-hydroxylation sites is 1. The maximum absolute atomic E-state index is 13.5. The summed E-state index contributed by atoms with van der Waals surface area (Å²) >= 11 is 0. The maximum Gasteiger partial charge on any atom is 0.290 e. The molecule has 1 N–H and O–H groups in total. The van der Waals surface area contributed by atoms with Gasteiger partial charge in [0.1, 0.15) is 11.4 Å². The van der Waals surface area contributed by atoms with Gasteiger partial charge >= 0.3 is 0 Å². The van der Waals surface area contributed by atoms with E-state index in [9.17, 15) is 14.0 Å². The average Bonchev–Trinajstić information content (AvgIpc) is 2.95. The molecule has 144 valence electrons. The number of nitrogens with zero attached hydrogens (tertiary/aromatic N) is 1. The fraction of sp³-hybridized carbons (Fsp3) is 0.273. The first-order valence-electron chi connectivity index (χ1n) is 9.38. The highest BCUT2D eigenvalue weighted by atomic mass is 19.1. The average molecular weight is 381 g/mol. The number of nitrogens with one attached hydrogen (secondary N) is 1. The number of quaternary nitrogens is 1. The second-order valence-electron chi connectivity index (χ2n) is 7.43. The standard InChI is InChI=1S/C22H21FN2O3/c1-24(2)12-5-13-25-19(14-8-10-15(23)11-9-14)18-20(26)16-6-3-4-7-17(16)28-21(18)22(25)27/h3-4,6-11,19H,5,12-13H2,1-2H3/p+1/t19-/m0/s1. The Hall–Kier alpha value is -2.99. The third kappa shape index (κ3) is 3.10. The van der Waals surface area contributed by atoms with Crippen LogP contribution in [0.2, 0.25) is 0 Å². The van der Waals surface area contributed by atoms with Gasteiger partial charge in [0.15, 0.2) is 5.43 Å². The van der Waals surface area contributed by atoms with Crippen LogP contribution in [0.3, 0.4) is 0 Å². The summed E-state index contributed by atoms with van der Waals surface area (Å²) in [5.74, 6) is -0.558. The summed E-state index contributed by atoms with van der Waals surface area (Å²) < 4.78 is 19.3. The fourth-order valence-corrected chi connectivity index (χ4v) is 3.79. The summed E-state index contributed by atoms with van der Waals surface area (Å²) in [5, 5.41) is 0.445. The molecular weight excluding hydrogens is 359 g/mol. The third-order valence-corrected chi connectivity index (χ3v) is 5.13. The zero-order chi connectivity index (χ0) is 19.8. The number of fused-ring (bicyclic) bond motifs is 2. The number of amides is 1. The van der Waals surface area contributed by atoms with Crippen molar-refractivity contribution in [3.05, 3.63) is 81.5 Å². The van der Waals surface area contributed by atoms with E-state index in [2.05, 4.69) is 14.1 Å². The maximum atomic E-state index is 13.5. The highest BCUT2D eigenvalue weighted by Gasteiger charge is 2.42. The van der Waals surface area contributed by atoms with Crippen LogP contribution in [-0.2, 0) is 0 Å². The summed E-state index contributed by atoms with van der Waals surface area (Å²) in [5.41, 5.74) is 1.23. The molecule has 0 radical (unpaired) electrons. The lowest BCUT2D eigenvalue weighted by molar-refractivity contribution is -0.858. The monoisotopic (exact) mass is 381 g/mol. The van der Waals surface area contributed by atoms with Crippen LogP contribution < -0.4 is 10.3 Å². The minimum absolute atomic E-state index is 0.0928. The van der Waals surface area contributed by atoms with Gasteiger partial charge in [-0.3, -0.25) is 9.59 Å². The van der Waals surface area contributed by atoms with Crippen LogP contribution >= 0.6 is 0 Å². The molecule has 0 saturated heterocycles. The van der Waals surface area contributed by atoms with Gasteiger partial charge in [0, 0.05) is 13.0 Å². The fourth-order valence-electron chi connectivity index (χ4n) is 3.79. The molecule has 1 aliphatic rings. The Morgan fingerprint density at radius 1 is 1.07 bits per heavy atom. The lowest BCUT2D eigenvalue weighted by atomic mass is 9.98. The van der Waals surface area contributed by atoms with E-state index in [-0.39, 0.29) is 22.9 Å². The molecule has 1 aliphatic heterocycles. The number of halogens is 1. The van der Waals surface area contributed by atoms with Gasteiger partial charge in [-0.2, -0.15) is 0 Å². The molecule has 0 unspecified atom stereocenters. The van der Waals surface area contributed by atoms with Crippen LogP contribution in [0.4, 0.5) is 4.39 Å². The summed E-state index contributed by atoms with van der Waals surface area (Å²) in [7, 11) is 4.10. The summed E-state index contributed by atoms with van der Waals surface area (Å²) in [6, 6.07) is 12.3. The van der Waals surface area contributed by atoms with Crippen molar-refractivity contribution in [3.8, 4) is 0 Å². The molecule has 1 atom stereocenters. The quantitative estimate of drug-likeness (QED) is 0.736. The third-order valence-electron chi connectivity index (χ3n) is 5.13. The van der Waals surface area contributed by atoms with Crippen LogP contribution in [0.1, 0.15) is 34.1 Å². The second-order valence-corrected chi connectivity index (χ2v) is 7.43. The first-order chi connectivity index (χ1) is 13.5. The lowest BCUT2D eigenvalue weighted by Gasteiger charge is -2.25. The molecular formula is C22H22FN2O3+. The van der Waals surface area contributed by atoms with E-state index in [4.69, 9.17) is 4.42 Å². The number of rotatable bonds is 5. The predicted molar refractivity (Wildman–Crippen MR) is 104 cm³/mol. The largest absolute Gasteiger partial charge is 0.450 e. The van der Waals surface area contributed by atoms with Gasteiger partial charge in [-0.05, 0) is 29.8 Å². The molecule has 1 aromatic heterocycles. The smallest absolute Gasteiger partial charge is 0.290 e. The van der Waals surface area contributed by atoms with Gasteiger partial charge < -0.3 is 14.2 Å². The summed E-state index contributed by atoms with van der Waals surface area (Å²) in [6.07, 6.45) is 0.785. The van der Waals surface area contributed by atoms with E-state index in [0.717, 1.165) is 13.0 Å². The van der Waals surface area contributed by atoms with Crippen LogP contribution in [0.15, 0.2) is 57.7 Å². The van der Waals surface area contributed by atoms with Gasteiger partial charge in [0.05, 0.1) is 37.6 Å². The lowest BCUT2D eigenvalue weighted by Crippen LogP contribution is -3.05. The Morgan fingerprint density at radius 3 is 2.50 bits per heavy atom. The van der Waals surface area contributed by atoms with Gasteiger partial charge in [-0.15, -0.1) is 0 Å². The van der Waals surface area contributed by atoms with E-state index < -0.39 is 6.04 Å². The highest BCUT2D eigenvalue weighted by Crippen LogP contribution is 2.38. The molecule has 5 nitrogen and oxygen atoms in total. The first kappa shape index (κ1) is 18.4. The van der Waals surface area contributed by atoms with Crippen molar-refractivity contribution in [1.82, 2.24) is 4.90 Å². The van der Waals surface area contributed by atoms with E-state index in [1.54, 1.807) is 41.3 Å². The molecule has 0 bridgehead atoms. The molecule has 4 rings (SSSR count). The SMILES string of the molecule is C[NH+](C)CCCN1C(=O)c2oc3ccccc3c(=O)c2[C@@H]1c1ccc(F)cc1. The van der Waals surface area contributed by atoms with Gasteiger partial charge in [0.25, 0.3) is 5.91 Å². The van der Waals surface area contributed by atoms with Crippen LogP contribution in [0, 0.1) is 5.82 Å². The van der Waals surface area contributed by atoms with Crippen LogP contribution in [-0.4, -0.2) is 38.0 Å². The van der Waals surface area contributed by atoms with Gasteiger partial charge in [-0.1, -0.05) is 24.3 Å². The Kier molecular flexibility index (Phi) is 4.73. The normalized spacial score (nSPS) is 16.2. The Bertz CT molecular complexity index is 1090. The van der Waals surface area contributed by atoms with Gasteiger partial charge in [-0.25, -0.2) is 4.39 Å². The minimum atomic E-state index is -0.568. The predicted octanol–water partition coefficient (Wildman–Crippen LogP) is 2.01. The van der Waals surface area contributed by atoms with E-state index in [1.165, 1.54) is 17.0 Å². The molecule has 1 amide bonds. The van der Waals surface area contributed by atoms with Crippen LogP contribution in [0.25, 0.3) is 11.0 Å². The number of benzene rings is 2. The molecule has 0 spiro atoms. The molecule has 0 saturated carbocycles. The summed E-state index contributed by atoms with van der Waals surface area (Å²) in [6.45, 7) is 1.38.